The van der Waals surface area contributed by atoms with Crippen LogP contribution in [0.2, 0.25) is 0 Å². The highest BCUT2D eigenvalue weighted by Crippen LogP contribution is 2.29. The third-order valence-corrected chi connectivity index (χ3v) is 7.05. The Balaban J connectivity index is 1.76. The van der Waals surface area contributed by atoms with E-state index in [0.29, 0.717) is 22.5 Å². The fraction of sp³-hybridized carbons (Fsp3) is 0.300. The van der Waals surface area contributed by atoms with E-state index in [2.05, 4.69) is 10.6 Å². The summed E-state index contributed by atoms with van der Waals surface area (Å²) in [6.07, 6.45) is 0.815. The molecule has 1 atom stereocenters. The minimum atomic E-state index is -3.46. The second-order valence-electron chi connectivity index (χ2n) is 10.4. The fourth-order valence-electron chi connectivity index (χ4n) is 4.05. The average Bonchev–Trinajstić information content (AvgIpc) is 2.89. The molecule has 3 aromatic rings. The van der Waals surface area contributed by atoms with Gasteiger partial charge in [-0.1, -0.05) is 48.5 Å². The molecule has 3 rings (SSSR count). The molecule has 0 saturated carbocycles. The summed E-state index contributed by atoms with van der Waals surface area (Å²) in [5, 5.41) is 14.7. The minimum absolute atomic E-state index is 0.0522. The molecular weight excluding hydrogens is 546 g/mol. The predicted octanol–water partition coefficient (Wildman–Crippen LogP) is 5.55. The Morgan fingerprint density at radius 1 is 0.927 bits per heavy atom. The molecule has 11 heteroatoms. The number of carboxylic acids is 1. The monoisotopic (exact) mass is 581 g/mol. The van der Waals surface area contributed by atoms with Crippen molar-refractivity contribution in [3.63, 3.8) is 0 Å². The molecule has 3 amide bonds. The van der Waals surface area contributed by atoms with E-state index in [0.717, 1.165) is 6.26 Å². The van der Waals surface area contributed by atoms with Crippen LogP contribution in [0.4, 0.5) is 21.0 Å². The highest BCUT2D eigenvalue weighted by Gasteiger charge is 2.25. The molecule has 0 aliphatic rings. The number of hydrogen-bond acceptors (Lipinski definition) is 6. The molecule has 41 heavy (non-hydrogen) atoms. The molecule has 0 aromatic heterocycles. The SMILES string of the molecule is CC(C)(C)OC(=O)N(CCCC(NC(=O)Nc1ccccc1)C(=O)O)c1ccc(-c2ccccc2S(C)(=O)=O)cc1. The van der Waals surface area contributed by atoms with Gasteiger partial charge < -0.3 is 20.5 Å². The van der Waals surface area contributed by atoms with Gasteiger partial charge in [0.25, 0.3) is 0 Å². The smallest absolute Gasteiger partial charge is 0.414 e. The van der Waals surface area contributed by atoms with Gasteiger partial charge in [0.1, 0.15) is 11.6 Å². The average molecular weight is 582 g/mol. The summed E-state index contributed by atoms with van der Waals surface area (Å²) in [4.78, 5) is 38.9. The molecule has 0 aliphatic carbocycles. The number of aliphatic carboxylic acids is 1. The summed E-state index contributed by atoms with van der Waals surface area (Å²) >= 11 is 0. The number of carbonyl (C=O) groups is 3. The summed E-state index contributed by atoms with van der Waals surface area (Å²) < 4.78 is 30.1. The number of hydrogen-bond donors (Lipinski definition) is 3. The number of benzene rings is 3. The van der Waals surface area contributed by atoms with Crippen molar-refractivity contribution in [3.8, 4) is 11.1 Å². The van der Waals surface area contributed by atoms with Crippen LogP contribution in [0.3, 0.4) is 0 Å². The highest BCUT2D eigenvalue weighted by molar-refractivity contribution is 7.90. The zero-order chi connectivity index (χ0) is 30.2. The van der Waals surface area contributed by atoms with E-state index in [1.54, 1.807) is 99.6 Å². The van der Waals surface area contributed by atoms with Crippen LogP contribution in [0.1, 0.15) is 33.6 Å². The molecule has 0 spiro atoms. The third kappa shape index (κ3) is 9.35. The van der Waals surface area contributed by atoms with Crippen molar-refractivity contribution >= 4 is 39.3 Å². The number of anilines is 2. The molecule has 218 valence electrons. The van der Waals surface area contributed by atoms with Gasteiger partial charge in [0, 0.05) is 29.7 Å². The number of urea groups is 1. The lowest BCUT2D eigenvalue weighted by Crippen LogP contribution is -2.44. The molecule has 0 saturated heterocycles. The first-order valence-electron chi connectivity index (χ1n) is 13.0. The number of ether oxygens (including phenoxy) is 1. The van der Waals surface area contributed by atoms with Crippen LogP contribution < -0.4 is 15.5 Å². The Kier molecular flexibility index (Phi) is 10.1. The van der Waals surface area contributed by atoms with Crippen LogP contribution in [0.5, 0.6) is 0 Å². The van der Waals surface area contributed by atoms with Crippen molar-refractivity contribution in [2.45, 2.75) is 50.2 Å². The Labute approximate surface area is 240 Å². The van der Waals surface area contributed by atoms with E-state index in [9.17, 15) is 27.9 Å². The molecule has 0 radical (unpaired) electrons. The molecule has 0 heterocycles. The Bertz CT molecular complexity index is 1470. The van der Waals surface area contributed by atoms with E-state index in [1.165, 1.54) is 4.90 Å². The maximum atomic E-state index is 13.1. The lowest BCUT2D eigenvalue weighted by atomic mass is 10.0. The van der Waals surface area contributed by atoms with E-state index in [1.807, 2.05) is 0 Å². The van der Waals surface area contributed by atoms with E-state index in [-0.39, 0.29) is 24.3 Å². The normalized spacial score (nSPS) is 12.2. The maximum Gasteiger partial charge on any atom is 0.414 e. The summed E-state index contributed by atoms with van der Waals surface area (Å²) in [5.74, 6) is -1.20. The van der Waals surface area contributed by atoms with E-state index >= 15 is 0 Å². The minimum Gasteiger partial charge on any atom is -0.480 e. The van der Waals surface area contributed by atoms with Gasteiger partial charge in [0.2, 0.25) is 0 Å². The number of amides is 3. The maximum absolute atomic E-state index is 13.1. The van der Waals surface area contributed by atoms with Crippen molar-refractivity contribution in [1.82, 2.24) is 5.32 Å². The van der Waals surface area contributed by atoms with Crippen molar-refractivity contribution in [2.75, 3.05) is 23.0 Å². The van der Waals surface area contributed by atoms with Gasteiger partial charge in [-0.15, -0.1) is 0 Å². The van der Waals surface area contributed by atoms with Gasteiger partial charge in [-0.2, -0.15) is 0 Å². The van der Waals surface area contributed by atoms with Gasteiger partial charge in [-0.25, -0.2) is 22.8 Å². The van der Waals surface area contributed by atoms with Crippen LogP contribution in [-0.2, 0) is 19.4 Å². The number of para-hydroxylation sites is 1. The largest absolute Gasteiger partial charge is 0.480 e. The van der Waals surface area contributed by atoms with Crippen molar-refractivity contribution in [3.05, 3.63) is 78.9 Å². The van der Waals surface area contributed by atoms with Crippen LogP contribution in [0.15, 0.2) is 83.8 Å². The van der Waals surface area contributed by atoms with Crippen LogP contribution in [0.25, 0.3) is 11.1 Å². The van der Waals surface area contributed by atoms with Crippen LogP contribution in [0, 0.1) is 0 Å². The molecule has 0 aliphatic heterocycles. The number of nitrogens with one attached hydrogen (secondary N) is 2. The fourth-order valence-corrected chi connectivity index (χ4v) is 4.96. The van der Waals surface area contributed by atoms with E-state index in [4.69, 9.17) is 4.74 Å². The zero-order valence-electron chi connectivity index (χ0n) is 23.5. The highest BCUT2D eigenvalue weighted by atomic mass is 32.2. The van der Waals surface area contributed by atoms with Crippen molar-refractivity contribution in [1.29, 1.82) is 0 Å². The molecule has 0 bridgehead atoms. The second kappa shape index (κ2) is 13.3. The Hall–Kier alpha value is -4.38. The number of rotatable bonds is 10. The first-order chi connectivity index (χ1) is 19.2. The summed E-state index contributed by atoms with van der Waals surface area (Å²) in [7, 11) is -3.46. The Morgan fingerprint density at radius 3 is 2.12 bits per heavy atom. The number of carboxylic acid groups (broad SMARTS) is 1. The third-order valence-electron chi connectivity index (χ3n) is 5.90. The standard InChI is InChI=1S/C30H35N3O7S/c1-30(2,3)40-29(37)33(20-10-14-25(27(34)35)32-28(36)31-22-11-6-5-7-12-22)23-18-16-21(17-19-23)24-13-8-9-15-26(24)41(4,38)39/h5-9,11-13,15-19,25H,10,14,20H2,1-4H3,(H,34,35)(H2,31,32,36). The van der Waals surface area contributed by atoms with Crippen molar-refractivity contribution < 1.29 is 32.6 Å². The topological polar surface area (TPSA) is 142 Å². The lowest BCUT2D eigenvalue weighted by Gasteiger charge is -2.28. The van der Waals surface area contributed by atoms with Gasteiger partial charge in [-0.05, 0) is 69.5 Å². The first-order valence-corrected chi connectivity index (χ1v) is 14.9. The molecule has 10 nitrogen and oxygen atoms in total. The van der Waals surface area contributed by atoms with Gasteiger partial charge in [-0.3, -0.25) is 4.90 Å². The Morgan fingerprint density at radius 2 is 1.54 bits per heavy atom. The number of sulfone groups is 1. The predicted molar refractivity (Wildman–Crippen MR) is 158 cm³/mol. The molecule has 1 unspecified atom stereocenters. The molecule has 0 fully saturated rings. The number of carbonyl (C=O) groups excluding carboxylic acids is 2. The molecular formula is C30H35N3O7S. The lowest BCUT2D eigenvalue weighted by molar-refractivity contribution is -0.139. The zero-order valence-corrected chi connectivity index (χ0v) is 24.3. The van der Waals surface area contributed by atoms with E-state index < -0.39 is 39.6 Å². The summed E-state index contributed by atoms with van der Waals surface area (Å²) in [6.45, 7) is 5.33. The number of nitrogens with zero attached hydrogens (tertiary/aromatic N) is 1. The second-order valence-corrected chi connectivity index (χ2v) is 12.4. The van der Waals surface area contributed by atoms with Gasteiger partial charge in [0.15, 0.2) is 9.84 Å². The molecule has 3 aromatic carbocycles. The quantitative estimate of drug-likeness (QED) is 0.285. The van der Waals surface area contributed by atoms with Gasteiger partial charge in [0.05, 0.1) is 4.90 Å². The van der Waals surface area contributed by atoms with Crippen LogP contribution >= 0.6 is 0 Å². The first kappa shape index (κ1) is 31.2. The summed E-state index contributed by atoms with van der Waals surface area (Å²) in [5.41, 5.74) is 1.42. The van der Waals surface area contributed by atoms with Crippen LogP contribution in [-0.4, -0.2) is 56.1 Å². The van der Waals surface area contributed by atoms with Gasteiger partial charge >= 0.3 is 18.1 Å². The summed E-state index contributed by atoms with van der Waals surface area (Å²) in [6, 6.07) is 20.2. The van der Waals surface area contributed by atoms with Crippen molar-refractivity contribution in [2.24, 2.45) is 0 Å². The molecule has 3 N–H and O–H groups in total.